The minimum atomic E-state index is -0.723. The highest BCUT2D eigenvalue weighted by Crippen LogP contribution is 2.49. The SMILES string of the molecule is COC(=O)c1ccc(NC(=O)C2(c3cc(-c4ccc(OC)c(OC)c4)on3)CC2)cc1. The van der Waals surface area contributed by atoms with Crippen molar-refractivity contribution in [1.29, 1.82) is 0 Å². The number of rotatable bonds is 7. The molecule has 0 aliphatic heterocycles. The Balaban J connectivity index is 1.52. The lowest BCUT2D eigenvalue weighted by molar-refractivity contribution is -0.118. The first-order valence-electron chi connectivity index (χ1n) is 9.70. The Morgan fingerprint density at radius 3 is 2.29 bits per heavy atom. The van der Waals surface area contributed by atoms with Crippen molar-refractivity contribution in [3.05, 3.63) is 59.8 Å². The zero-order valence-electron chi connectivity index (χ0n) is 17.4. The van der Waals surface area contributed by atoms with E-state index in [0.29, 0.717) is 47.0 Å². The third kappa shape index (κ3) is 3.84. The fourth-order valence-electron chi connectivity index (χ4n) is 3.41. The third-order valence-electron chi connectivity index (χ3n) is 5.42. The Labute approximate surface area is 179 Å². The number of methoxy groups -OCH3 is 3. The molecule has 160 valence electrons. The summed E-state index contributed by atoms with van der Waals surface area (Å²) in [4.78, 5) is 24.5. The number of nitrogens with zero attached hydrogens (tertiary/aromatic N) is 1. The first kappa shape index (κ1) is 20.5. The van der Waals surface area contributed by atoms with Gasteiger partial charge in [0.25, 0.3) is 0 Å². The molecule has 0 saturated heterocycles. The molecule has 1 amide bonds. The third-order valence-corrected chi connectivity index (χ3v) is 5.42. The first-order valence-corrected chi connectivity index (χ1v) is 9.70. The average molecular weight is 422 g/mol. The molecule has 8 nitrogen and oxygen atoms in total. The second-order valence-electron chi connectivity index (χ2n) is 7.25. The summed E-state index contributed by atoms with van der Waals surface area (Å²) in [7, 11) is 4.46. The molecule has 2 aromatic carbocycles. The second kappa shape index (κ2) is 8.14. The van der Waals surface area contributed by atoms with Gasteiger partial charge < -0.3 is 24.1 Å². The smallest absolute Gasteiger partial charge is 0.337 e. The van der Waals surface area contributed by atoms with Crippen molar-refractivity contribution >= 4 is 17.6 Å². The Morgan fingerprint density at radius 1 is 0.968 bits per heavy atom. The lowest BCUT2D eigenvalue weighted by Crippen LogP contribution is -2.28. The molecule has 1 aliphatic carbocycles. The molecule has 1 saturated carbocycles. The second-order valence-corrected chi connectivity index (χ2v) is 7.25. The van der Waals surface area contributed by atoms with Gasteiger partial charge in [-0.25, -0.2) is 4.79 Å². The van der Waals surface area contributed by atoms with Crippen molar-refractivity contribution in [1.82, 2.24) is 5.16 Å². The number of hydrogen-bond donors (Lipinski definition) is 1. The molecule has 0 bridgehead atoms. The number of benzene rings is 2. The summed E-state index contributed by atoms with van der Waals surface area (Å²) < 4.78 is 20.8. The van der Waals surface area contributed by atoms with Crippen LogP contribution in [0.15, 0.2) is 53.1 Å². The average Bonchev–Trinajstić information content (AvgIpc) is 3.48. The van der Waals surface area contributed by atoms with Gasteiger partial charge >= 0.3 is 5.97 Å². The van der Waals surface area contributed by atoms with Gasteiger partial charge in [0.2, 0.25) is 5.91 Å². The minimum absolute atomic E-state index is 0.162. The van der Waals surface area contributed by atoms with Crippen molar-refractivity contribution in [2.24, 2.45) is 0 Å². The van der Waals surface area contributed by atoms with Crippen LogP contribution in [0, 0.1) is 0 Å². The normalized spacial score (nSPS) is 13.9. The van der Waals surface area contributed by atoms with E-state index >= 15 is 0 Å². The van der Waals surface area contributed by atoms with Crippen LogP contribution in [0.4, 0.5) is 5.69 Å². The number of esters is 1. The highest BCUT2D eigenvalue weighted by Gasteiger charge is 2.53. The predicted octanol–water partition coefficient (Wildman–Crippen LogP) is 3.82. The first-order chi connectivity index (χ1) is 15.0. The van der Waals surface area contributed by atoms with Crippen LogP contribution in [-0.4, -0.2) is 38.4 Å². The minimum Gasteiger partial charge on any atom is -0.493 e. The molecule has 1 heterocycles. The van der Waals surface area contributed by atoms with Crippen LogP contribution in [-0.2, 0) is 14.9 Å². The molecule has 1 N–H and O–H groups in total. The van der Waals surface area contributed by atoms with Crippen molar-refractivity contribution in [3.63, 3.8) is 0 Å². The van der Waals surface area contributed by atoms with Crippen LogP contribution < -0.4 is 14.8 Å². The molecule has 0 radical (unpaired) electrons. The number of anilines is 1. The lowest BCUT2D eigenvalue weighted by Gasteiger charge is -2.12. The summed E-state index contributed by atoms with van der Waals surface area (Å²) in [5.74, 6) is 1.14. The van der Waals surface area contributed by atoms with E-state index in [9.17, 15) is 9.59 Å². The number of amides is 1. The Bertz CT molecular complexity index is 1120. The molecule has 1 aromatic heterocycles. The van der Waals surface area contributed by atoms with E-state index in [1.165, 1.54) is 7.11 Å². The maximum atomic E-state index is 13.0. The van der Waals surface area contributed by atoms with Crippen LogP contribution in [0.25, 0.3) is 11.3 Å². The molecular weight excluding hydrogens is 400 g/mol. The summed E-state index contributed by atoms with van der Waals surface area (Å²) >= 11 is 0. The highest BCUT2D eigenvalue weighted by atomic mass is 16.5. The van der Waals surface area contributed by atoms with Gasteiger partial charge in [-0.05, 0) is 55.3 Å². The van der Waals surface area contributed by atoms with Crippen LogP contribution in [0.5, 0.6) is 11.5 Å². The van der Waals surface area contributed by atoms with E-state index in [2.05, 4.69) is 15.2 Å². The van der Waals surface area contributed by atoms with E-state index < -0.39 is 11.4 Å². The number of aromatic nitrogens is 1. The predicted molar refractivity (Wildman–Crippen MR) is 112 cm³/mol. The van der Waals surface area contributed by atoms with Crippen molar-refractivity contribution in [2.75, 3.05) is 26.6 Å². The van der Waals surface area contributed by atoms with Crippen LogP contribution >= 0.6 is 0 Å². The van der Waals surface area contributed by atoms with Crippen molar-refractivity contribution in [3.8, 4) is 22.8 Å². The van der Waals surface area contributed by atoms with Crippen LogP contribution in [0.1, 0.15) is 28.9 Å². The number of nitrogens with one attached hydrogen (secondary N) is 1. The Morgan fingerprint density at radius 2 is 1.68 bits per heavy atom. The van der Waals surface area contributed by atoms with E-state index in [1.54, 1.807) is 56.7 Å². The van der Waals surface area contributed by atoms with Crippen LogP contribution in [0.2, 0.25) is 0 Å². The maximum Gasteiger partial charge on any atom is 0.337 e. The van der Waals surface area contributed by atoms with Gasteiger partial charge in [-0.1, -0.05) is 5.16 Å². The fourth-order valence-corrected chi connectivity index (χ4v) is 3.41. The van der Waals surface area contributed by atoms with Crippen LogP contribution in [0.3, 0.4) is 0 Å². The van der Waals surface area contributed by atoms with Gasteiger partial charge in [-0.2, -0.15) is 0 Å². The van der Waals surface area contributed by atoms with Crippen molar-refractivity contribution < 1.29 is 28.3 Å². The van der Waals surface area contributed by atoms with E-state index in [-0.39, 0.29) is 5.91 Å². The Kier molecular flexibility index (Phi) is 5.37. The van der Waals surface area contributed by atoms with Gasteiger partial charge in [-0.3, -0.25) is 4.79 Å². The summed E-state index contributed by atoms with van der Waals surface area (Å²) in [5, 5.41) is 7.07. The summed E-state index contributed by atoms with van der Waals surface area (Å²) in [5.41, 5.74) is 1.64. The lowest BCUT2D eigenvalue weighted by atomic mass is 10.00. The molecule has 1 aliphatic rings. The number of ether oxygens (including phenoxy) is 3. The number of hydrogen-bond acceptors (Lipinski definition) is 7. The van der Waals surface area contributed by atoms with Gasteiger partial charge in [0.1, 0.15) is 0 Å². The summed E-state index contributed by atoms with van der Waals surface area (Å²) in [6.07, 6.45) is 1.36. The molecule has 31 heavy (non-hydrogen) atoms. The monoisotopic (exact) mass is 422 g/mol. The molecule has 4 rings (SSSR count). The van der Waals surface area contributed by atoms with Gasteiger partial charge in [0, 0.05) is 17.3 Å². The largest absolute Gasteiger partial charge is 0.493 e. The highest BCUT2D eigenvalue weighted by molar-refractivity contribution is 6.01. The topological polar surface area (TPSA) is 99.9 Å². The zero-order chi connectivity index (χ0) is 22.0. The van der Waals surface area contributed by atoms with E-state index in [1.807, 2.05) is 6.07 Å². The fraction of sp³-hybridized carbons (Fsp3) is 0.261. The van der Waals surface area contributed by atoms with Gasteiger partial charge in [0.05, 0.1) is 38.0 Å². The molecule has 8 heteroatoms. The molecule has 3 aromatic rings. The van der Waals surface area contributed by atoms with Crippen molar-refractivity contribution in [2.45, 2.75) is 18.3 Å². The standard InChI is InChI=1S/C23H22N2O6/c1-28-17-9-6-15(12-19(17)29-2)18-13-20(25-31-18)23(10-11-23)22(27)24-16-7-4-14(5-8-16)21(26)30-3/h4-9,12-13H,10-11H2,1-3H3,(H,24,27). The van der Waals surface area contributed by atoms with E-state index in [4.69, 9.17) is 14.0 Å². The molecule has 0 atom stereocenters. The molecular formula is C23H22N2O6. The molecule has 0 unspecified atom stereocenters. The molecule has 1 fully saturated rings. The summed E-state index contributed by atoms with van der Waals surface area (Å²) in [6, 6.07) is 13.7. The van der Waals surface area contributed by atoms with E-state index in [0.717, 1.165) is 5.56 Å². The maximum absolute atomic E-state index is 13.0. The van der Waals surface area contributed by atoms with Gasteiger partial charge in [0.15, 0.2) is 17.3 Å². The number of carbonyl (C=O) groups is 2. The zero-order valence-corrected chi connectivity index (χ0v) is 17.4. The molecule has 0 spiro atoms. The summed E-state index contributed by atoms with van der Waals surface area (Å²) in [6.45, 7) is 0. The quantitative estimate of drug-likeness (QED) is 0.578. The van der Waals surface area contributed by atoms with Gasteiger partial charge in [-0.15, -0.1) is 0 Å². The number of carbonyl (C=O) groups excluding carboxylic acids is 2. The Hall–Kier alpha value is -3.81.